The van der Waals surface area contributed by atoms with Crippen molar-refractivity contribution >= 4 is 5.91 Å². The third-order valence-corrected chi connectivity index (χ3v) is 4.26. The average molecular weight is 596 g/mol. The molecule has 0 aromatic carbocycles. The summed E-state index contributed by atoms with van der Waals surface area (Å²) in [6, 6.07) is -25.5. The summed E-state index contributed by atoms with van der Waals surface area (Å²) >= 11 is 0. The molecule has 0 bridgehead atoms. The number of carbonyl (C=O) groups is 1. The predicted molar refractivity (Wildman–Crippen MR) is 84.2 cm³/mol. The Bertz CT molecular complexity index is 773. The predicted octanol–water partition coefficient (Wildman–Crippen LogP) is 5.31. The number of hydrogen-bond donors (Lipinski definition) is 1. The first-order chi connectivity index (χ1) is 15.7. The molecule has 37 heavy (non-hydrogen) atoms. The minimum absolute atomic E-state index is 0.00625. The molecule has 1 N–H and O–H groups in total. The molecule has 0 saturated carbocycles. The van der Waals surface area contributed by atoms with Crippen molar-refractivity contribution < 1.29 is 88.3 Å². The van der Waals surface area contributed by atoms with Crippen LogP contribution >= 0.6 is 0 Å². The highest BCUT2D eigenvalue weighted by atomic mass is 19.4. The van der Waals surface area contributed by atoms with Gasteiger partial charge in [0, 0.05) is 13.0 Å². The highest BCUT2D eigenvalue weighted by Crippen LogP contribution is 2.60. The largest absolute Gasteiger partial charge is 0.461 e. The Hall–Kier alpha value is -1.87. The summed E-state index contributed by atoms with van der Waals surface area (Å²) < 4.78 is 238. The number of amides is 1. The zero-order valence-electron chi connectivity index (χ0n) is 18.2. The van der Waals surface area contributed by atoms with Crippen LogP contribution in [0.15, 0.2) is 0 Å². The Morgan fingerprint density at radius 1 is 0.622 bits per heavy atom. The summed E-state index contributed by atoms with van der Waals surface area (Å²) in [7, 11) is 4.32. The van der Waals surface area contributed by atoms with Gasteiger partial charge >= 0.3 is 48.3 Å². The van der Waals surface area contributed by atoms with Gasteiger partial charge in [-0.1, -0.05) is 0 Å². The minimum Gasteiger partial charge on any atom is -0.350 e. The first kappa shape index (κ1) is 35.1. The lowest BCUT2D eigenvalue weighted by Crippen LogP contribution is -2.78. The number of alkyl halides is 18. The number of nitrogens with one attached hydrogen (secondary N) is 1. The van der Waals surface area contributed by atoms with E-state index in [-0.39, 0.29) is 11.0 Å². The van der Waals surface area contributed by atoms with Crippen molar-refractivity contribution in [1.82, 2.24) is 10.2 Å². The number of quaternary nitrogens is 1. The van der Waals surface area contributed by atoms with Gasteiger partial charge in [-0.05, 0) is 0 Å². The van der Waals surface area contributed by atoms with E-state index in [1.54, 1.807) is 0 Å². The summed E-state index contributed by atoms with van der Waals surface area (Å²) in [5, 5.41) is 0.783. The average Bonchev–Trinajstić information content (AvgIpc) is 2.61. The van der Waals surface area contributed by atoms with E-state index in [4.69, 9.17) is 0 Å². The number of halogens is 18. The van der Waals surface area contributed by atoms with Crippen molar-refractivity contribution in [3.63, 3.8) is 0 Å². The van der Waals surface area contributed by atoms with Crippen LogP contribution in [0.1, 0.15) is 6.42 Å². The Morgan fingerprint density at radius 2 is 0.946 bits per heavy atom. The first-order valence-electron chi connectivity index (χ1n) is 9.04. The lowest BCUT2D eigenvalue weighted by Gasteiger charge is -2.46. The molecule has 0 heterocycles. The van der Waals surface area contributed by atoms with Crippen LogP contribution in [0.4, 0.5) is 79.0 Å². The fourth-order valence-electron chi connectivity index (χ4n) is 2.29. The zero-order valence-corrected chi connectivity index (χ0v) is 18.2. The van der Waals surface area contributed by atoms with Gasteiger partial charge in [0.05, 0.1) is 27.7 Å². The molecule has 1 amide bonds. The molecule has 0 atom stereocenters. The van der Waals surface area contributed by atoms with Crippen molar-refractivity contribution in [3.05, 3.63) is 0 Å². The highest BCUT2D eigenvalue weighted by Gasteiger charge is 2.90. The quantitative estimate of drug-likeness (QED) is 0.152. The summed E-state index contributed by atoms with van der Waals surface area (Å²) in [5.74, 6) is -27.8. The number of hydrogen-bond acceptors (Lipinski definition) is 2. The van der Waals surface area contributed by atoms with Crippen molar-refractivity contribution in [2.45, 2.75) is 54.7 Å². The fourth-order valence-corrected chi connectivity index (χ4v) is 2.29. The third kappa shape index (κ3) is 6.24. The molecule has 0 saturated heterocycles. The molecule has 0 aliphatic carbocycles. The van der Waals surface area contributed by atoms with Gasteiger partial charge < -0.3 is 9.80 Å². The second-order valence-corrected chi connectivity index (χ2v) is 8.30. The summed E-state index contributed by atoms with van der Waals surface area (Å²) in [4.78, 5) is 6.46. The lowest BCUT2D eigenvalue weighted by atomic mass is 10.1. The topological polar surface area (TPSA) is 32.3 Å². The van der Waals surface area contributed by atoms with Crippen LogP contribution in [-0.2, 0) is 4.79 Å². The number of rotatable bonds is 11. The maximum atomic E-state index is 14.2. The van der Waals surface area contributed by atoms with Crippen LogP contribution in [0.2, 0.25) is 0 Å². The van der Waals surface area contributed by atoms with Gasteiger partial charge in [-0.3, -0.25) is 4.79 Å². The Balaban J connectivity index is 7.00. The molecule has 0 unspecified atom stereocenters. The SMILES string of the molecule is C[N+](C)(C)CCCNC(=O)C(F)(F)C(F)(F)N(C(F)(F)C(F)(F)C(F)(F)F)C(F)(F)C(F)(F)C(F)(F)F. The van der Waals surface area contributed by atoms with Gasteiger partial charge in [0.1, 0.15) is 0 Å². The van der Waals surface area contributed by atoms with E-state index in [0.717, 1.165) is 5.32 Å². The summed E-state index contributed by atoms with van der Waals surface area (Å²) in [6.45, 7) is -1.22. The van der Waals surface area contributed by atoms with Crippen molar-refractivity contribution in [2.24, 2.45) is 0 Å². The molecule has 0 radical (unpaired) electrons. The molecule has 222 valence electrons. The Kier molecular flexibility index (Phi) is 9.21. The monoisotopic (exact) mass is 596 g/mol. The lowest BCUT2D eigenvalue weighted by molar-refractivity contribution is -0.870. The smallest absolute Gasteiger partial charge is 0.350 e. The number of carbonyl (C=O) groups excluding carboxylic acids is 1. The highest BCUT2D eigenvalue weighted by molar-refractivity contribution is 5.84. The van der Waals surface area contributed by atoms with Crippen LogP contribution in [-0.4, -0.2) is 97.8 Å². The maximum Gasteiger partial charge on any atom is 0.461 e. The number of nitrogens with zero attached hydrogens (tertiary/aromatic N) is 2. The van der Waals surface area contributed by atoms with Crippen LogP contribution in [0.5, 0.6) is 0 Å². The van der Waals surface area contributed by atoms with Crippen LogP contribution in [0, 0.1) is 0 Å². The Labute approximate surface area is 194 Å². The van der Waals surface area contributed by atoms with Crippen LogP contribution in [0.25, 0.3) is 0 Å². The van der Waals surface area contributed by atoms with Crippen molar-refractivity contribution in [1.29, 1.82) is 0 Å². The Morgan fingerprint density at radius 3 is 1.22 bits per heavy atom. The molecule has 0 rings (SSSR count). The molecule has 22 heteroatoms. The van der Waals surface area contributed by atoms with Crippen LogP contribution in [0.3, 0.4) is 0 Å². The van der Waals surface area contributed by atoms with Gasteiger partial charge in [-0.2, -0.15) is 79.0 Å². The normalized spacial score (nSPS) is 15.8. The molecule has 0 aromatic rings. The summed E-state index contributed by atoms with van der Waals surface area (Å²) in [6.07, 6.45) is -16.4. The molecule has 0 spiro atoms. The van der Waals surface area contributed by atoms with E-state index in [9.17, 15) is 83.8 Å². The molecular formula is C15H16F18N3O+. The van der Waals surface area contributed by atoms with E-state index >= 15 is 0 Å². The van der Waals surface area contributed by atoms with Crippen molar-refractivity contribution in [3.8, 4) is 0 Å². The van der Waals surface area contributed by atoms with Gasteiger partial charge in [0.2, 0.25) is 0 Å². The summed E-state index contributed by atoms with van der Waals surface area (Å²) in [5.41, 5.74) is 0. The molecule has 0 aliphatic heterocycles. The first-order valence-corrected chi connectivity index (χ1v) is 9.04. The fraction of sp³-hybridized carbons (Fsp3) is 0.933. The van der Waals surface area contributed by atoms with Crippen molar-refractivity contribution in [2.75, 3.05) is 34.2 Å². The van der Waals surface area contributed by atoms with Gasteiger partial charge in [0.15, 0.2) is 0 Å². The second-order valence-electron chi connectivity index (χ2n) is 8.30. The minimum atomic E-state index is -8.65. The van der Waals surface area contributed by atoms with Crippen LogP contribution < -0.4 is 5.32 Å². The molecule has 0 aromatic heterocycles. The van der Waals surface area contributed by atoms with E-state index in [0.29, 0.717) is 0 Å². The molecule has 0 aliphatic rings. The molecule has 0 fully saturated rings. The third-order valence-electron chi connectivity index (χ3n) is 4.26. The van der Waals surface area contributed by atoms with Gasteiger partial charge in [-0.25, -0.2) is 0 Å². The van der Waals surface area contributed by atoms with Gasteiger partial charge in [-0.15, -0.1) is 4.90 Å². The zero-order chi connectivity index (χ0) is 30.5. The molecular weight excluding hydrogens is 580 g/mol. The van der Waals surface area contributed by atoms with E-state index in [1.165, 1.54) is 21.1 Å². The second kappa shape index (κ2) is 9.70. The van der Waals surface area contributed by atoms with E-state index < -0.39 is 72.0 Å². The van der Waals surface area contributed by atoms with E-state index in [2.05, 4.69) is 0 Å². The van der Waals surface area contributed by atoms with Gasteiger partial charge in [0.25, 0.3) is 5.91 Å². The van der Waals surface area contributed by atoms with E-state index in [1.807, 2.05) is 0 Å². The standard InChI is InChI=1S/C15H15F18N3O/c1-36(2,3)6-4-5-34-7(37)8(16,17)13(28,29)35(14(30,31)9(18,19)11(22,23)24)15(32,33)10(20,21)12(25,26)27/h4-6H2,1-3H3/p+1. The molecule has 4 nitrogen and oxygen atoms in total. The maximum absolute atomic E-state index is 14.2.